The number of amides is 3. The molecule has 2 aromatic rings. The average Bonchev–Trinajstić information content (AvgIpc) is 3.40. The smallest absolute Gasteiger partial charge is 0.264 e. The Hall–Kier alpha value is -2.67. The van der Waals surface area contributed by atoms with Gasteiger partial charge in [0.15, 0.2) is 0 Å². The van der Waals surface area contributed by atoms with Gasteiger partial charge in [0.2, 0.25) is 5.91 Å². The lowest BCUT2D eigenvalue weighted by Crippen LogP contribution is -2.42. The quantitative estimate of drug-likeness (QED) is 0.612. The SMILES string of the molecule is CCCCN(C)C(=O)C1CCN(c2cccc3c2C(=O)N(Cc2cccs2)C3=O)CC1. The molecule has 0 aliphatic carbocycles. The Bertz CT molecular complexity index is 964. The van der Waals surface area contributed by atoms with Gasteiger partial charge in [-0.3, -0.25) is 19.3 Å². The van der Waals surface area contributed by atoms with Crippen LogP contribution in [-0.2, 0) is 11.3 Å². The summed E-state index contributed by atoms with van der Waals surface area (Å²) in [6.07, 6.45) is 3.63. The fraction of sp³-hybridized carbons (Fsp3) is 0.458. The minimum atomic E-state index is -0.224. The van der Waals surface area contributed by atoms with Gasteiger partial charge in [0.05, 0.1) is 23.4 Å². The van der Waals surface area contributed by atoms with Crippen molar-refractivity contribution in [3.8, 4) is 0 Å². The molecule has 4 rings (SSSR count). The van der Waals surface area contributed by atoms with Gasteiger partial charge in [-0.1, -0.05) is 25.5 Å². The molecule has 6 nitrogen and oxygen atoms in total. The van der Waals surface area contributed by atoms with E-state index in [4.69, 9.17) is 0 Å². The average molecular weight is 440 g/mol. The van der Waals surface area contributed by atoms with Gasteiger partial charge in [-0.05, 0) is 42.8 Å². The van der Waals surface area contributed by atoms with Crippen LogP contribution in [0.2, 0.25) is 0 Å². The van der Waals surface area contributed by atoms with Crippen LogP contribution in [0.15, 0.2) is 35.7 Å². The lowest BCUT2D eigenvalue weighted by atomic mass is 9.94. The maximum Gasteiger partial charge on any atom is 0.264 e. The number of hydrogen-bond acceptors (Lipinski definition) is 5. The third-order valence-corrected chi connectivity index (χ3v) is 7.14. The molecule has 0 radical (unpaired) electrons. The molecule has 3 heterocycles. The van der Waals surface area contributed by atoms with Crippen LogP contribution < -0.4 is 4.90 Å². The third kappa shape index (κ3) is 4.24. The van der Waals surface area contributed by atoms with Gasteiger partial charge in [-0.2, -0.15) is 0 Å². The van der Waals surface area contributed by atoms with Gasteiger partial charge in [0.1, 0.15) is 0 Å². The summed E-state index contributed by atoms with van der Waals surface area (Å²) in [7, 11) is 1.89. The van der Waals surface area contributed by atoms with Crippen molar-refractivity contribution in [1.82, 2.24) is 9.80 Å². The molecule has 0 saturated carbocycles. The first-order chi connectivity index (χ1) is 15.0. The molecule has 2 aliphatic heterocycles. The second-order valence-electron chi connectivity index (χ2n) is 8.35. The van der Waals surface area contributed by atoms with Crippen molar-refractivity contribution in [3.63, 3.8) is 0 Å². The topological polar surface area (TPSA) is 60.9 Å². The number of thiophene rings is 1. The lowest BCUT2D eigenvalue weighted by molar-refractivity contribution is -0.134. The Morgan fingerprint density at radius 2 is 1.90 bits per heavy atom. The van der Waals surface area contributed by atoms with Crippen molar-refractivity contribution < 1.29 is 14.4 Å². The van der Waals surface area contributed by atoms with E-state index in [2.05, 4.69) is 11.8 Å². The number of fused-ring (bicyclic) bond motifs is 1. The summed E-state index contributed by atoms with van der Waals surface area (Å²) in [4.78, 5) is 45.2. The summed E-state index contributed by atoms with van der Waals surface area (Å²) in [6.45, 7) is 4.66. The maximum atomic E-state index is 13.2. The van der Waals surface area contributed by atoms with E-state index in [1.807, 2.05) is 41.6 Å². The summed E-state index contributed by atoms with van der Waals surface area (Å²) in [6, 6.07) is 9.38. The highest BCUT2D eigenvalue weighted by Crippen LogP contribution is 2.35. The molecule has 1 aromatic carbocycles. The number of imide groups is 1. The van der Waals surface area contributed by atoms with E-state index in [-0.39, 0.29) is 23.6 Å². The summed E-state index contributed by atoms with van der Waals surface area (Å²) in [5.41, 5.74) is 1.81. The highest BCUT2D eigenvalue weighted by molar-refractivity contribution is 7.09. The van der Waals surface area contributed by atoms with E-state index in [1.54, 1.807) is 17.4 Å². The zero-order valence-electron chi connectivity index (χ0n) is 18.2. The van der Waals surface area contributed by atoms with Crippen LogP contribution in [0.1, 0.15) is 58.2 Å². The van der Waals surface area contributed by atoms with Crippen molar-refractivity contribution >= 4 is 34.7 Å². The molecule has 2 aliphatic rings. The van der Waals surface area contributed by atoms with Crippen LogP contribution >= 0.6 is 11.3 Å². The van der Waals surface area contributed by atoms with Crippen molar-refractivity contribution in [2.24, 2.45) is 5.92 Å². The molecule has 1 aromatic heterocycles. The van der Waals surface area contributed by atoms with Crippen molar-refractivity contribution in [2.45, 2.75) is 39.2 Å². The molecule has 0 unspecified atom stereocenters. The number of benzene rings is 1. The summed E-state index contributed by atoms with van der Waals surface area (Å²) < 4.78 is 0. The monoisotopic (exact) mass is 439 g/mol. The standard InChI is InChI=1S/C24H29N3O3S/c1-3-4-12-25(2)22(28)17-10-13-26(14-11-17)20-9-5-8-19-21(20)24(30)27(23(19)29)16-18-7-6-15-31-18/h5-9,15,17H,3-4,10-14,16H2,1-2H3. The van der Waals surface area contributed by atoms with E-state index in [1.165, 1.54) is 4.90 Å². The van der Waals surface area contributed by atoms with Crippen LogP contribution in [0.4, 0.5) is 5.69 Å². The molecule has 0 spiro atoms. The van der Waals surface area contributed by atoms with Crippen molar-refractivity contribution in [2.75, 3.05) is 31.6 Å². The first-order valence-corrected chi connectivity index (χ1v) is 11.9. The Balaban J connectivity index is 1.47. The number of carbonyl (C=O) groups excluding carboxylic acids is 3. The first-order valence-electron chi connectivity index (χ1n) is 11.0. The normalized spacial score (nSPS) is 16.7. The molecule has 0 bridgehead atoms. The van der Waals surface area contributed by atoms with E-state index >= 15 is 0 Å². The maximum absolute atomic E-state index is 13.2. The van der Waals surface area contributed by atoms with Crippen LogP contribution in [0, 0.1) is 5.92 Å². The fourth-order valence-electron chi connectivity index (χ4n) is 4.47. The number of nitrogens with zero attached hydrogens (tertiary/aromatic N) is 3. The summed E-state index contributed by atoms with van der Waals surface area (Å²) in [5.74, 6) is -0.193. The molecule has 3 amide bonds. The molecule has 1 fully saturated rings. The van der Waals surface area contributed by atoms with Gasteiger partial charge in [-0.25, -0.2) is 0 Å². The number of unbranched alkanes of at least 4 members (excludes halogenated alkanes) is 1. The lowest BCUT2D eigenvalue weighted by Gasteiger charge is -2.35. The Kier molecular flexibility index (Phi) is 6.41. The number of carbonyl (C=O) groups is 3. The van der Waals surface area contributed by atoms with Gasteiger partial charge < -0.3 is 9.80 Å². The second-order valence-corrected chi connectivity index (χ2v) is 9.38. The molecular weight excluding hydrogens is 410 g/mol. The third-order valence-electron chi connectivity index (χ3n) is 6.28. The number of piperidine rings is 1. The second kappa shape index (κ2) is 9.22. The highest BCUT2D eigenvalue weighted by atomic mass is 32.1. The molecule has 164 valence electrons. The van der Waals surface area contributed by atoms with Crippen LogP contribution in [0.25, 0.3) is 0 Å². The zero-order chi connectivity index (χ0) is 22.0. The Labute approximate surface area is 187 Å². The van der Waals surface area contributed by atoms with E-state index in [0.717, 1.165) is 42.8 Å². The zero-order valence-corrected chi connectivity index (χ0v) is 19.0. The van der Waals surface area contributed by atoms with Gasteiger partial charge >= 0.3 is 0 Å². The first kappa shape index (κ1) is 21.6. The summed E-state index contributed by atoms with van der Waals surface area (Å²) >= 11 is 1.54. The van der Waals surface area contributed by atoms with Crippen molar-refractivity contribution in [1.29, 1.82) is 0 Å². The fourth-order valence-corrected chi connectivity index (χ4v) is 5.16. The Morgan fingerprint density at radius 1 is 1.13 bits per heavy atom. The molecule has 7 heteroatoms. The van der Waals surface area contributed by atoms with Crippen LogP contribution in [0.3, 0.4) is 0 Å². The number of hydrogen-bond donors (Lipinski definition) is 0. The molecule has 1 saturated heterocycles. The van der Waals surface area contributed by atoms with Gasteiger partial charge in [0.25, 0.3) is 11.8 Å². The molecule has 31 heavy (non-hydrogen) atoms. The molecular formula is C24H29N3O3S. The van der Waals surface area contributed by atoms with Crippen LogP contribution in [0.5, 0.6) is 0 Å². The van der Waals surface area contributed by atoms with Gasteiger partial charge in [0, 0.05) is 37.5 Å². The largest absolute Gasteiger partial charge is 0.371 e. The summed E-state index contributed by atoms with van der Waals surface area (Å²) in [5, 5.41) is 1.95. The predicted octanol–water partition coefficient (Wildman–Crippen LogP) is 4.02. The molecule has 0 N–H and O–H groups in total. The Morgan fingerprint density at radius 3 is 2.58 bits per heavy atom. The molecule has 0 atom stereocenters. The minimum absolute atomic E-state index is 0.0301. The van der Waals surface area contributed by atoms with E-state index < -0.39 is 0 Å². The van der Waals surface area contributed by atoms with Crippen LogP contribution in [-0.4, -0.2) is 54.2 Å². The van der Waals surface area contributed by atoms with E-state index in [0.29, 0.717) is 30.8 Å². The predicted molar refractivity (Wildman–Crippen MR) is 122 cm³/mol. The number of rotatable bonds is 7. The highest BCUT2D eigenvalue weighted by Gasteiger charge is 2.39. The minimum Gasteiger partial charge on any atom is -0.371 e. The van der Waals surface area contributed by atoms with Gasteiger partial charge in [-0.15, -0.1) is 11.3 Å². The number of anilines is 1. The van der Waals surface area contributed by atoms with E-state index in [9.17, 15) is 14.4 Å². The van der Waals surface area contributed by atoms with Crippen molar-refractivity contribution in [3.05, 3.63) is 51.7 Å².